The summed E-state index contributed by atoms with van der Waals surface area (Å²) < 4.78 is 20.0. The Morgan fingerprint density at radius 1 is 0.568 bits per heavy atom. The van der Waals surface area contributed by atoms with E-state index in [4.69, 9.17) is 14.2 Å². The normalized spacial score (nSPS) is 11.6. The predicted molar refractivity (Wildman–Crippen MR) is 146 cm³/mol. The van der Waals surface area contributed by atoms with Crippen LogP contribution in [0, 0.1) is 7.14 Å². The van der Waals surface area contributed by atoms with Crippen LogP contribution < -0.4 is 25.9 Å². The molecule has 0 fully saturated rings. The fourth-order valence-electron chi connectivity index (χ4n) is 4.32. The Morgan fingerprint density at radius 3 is 1.70 bits per heavy atom. The van der Waals surface area contributed by atoms with Crippen LogP contribution in [0.4, 0.5) is 0 Å². The van der Waals surface area contributed by atoms with Gasteiger partial charge in [0.2, 0.25) is 0 Å². The molecule has 0 aromatic heterocycles. The van der Waals surface area contributed by atoms with Gasteiger partial charge in [-0.15, -0.1) is 0 Å². The Kier molecular flexibility index (Phi) is 8.15. The van der Waals surface area contributed by atoms with E-state index < -0.39 is 5.79 Å². The third kappa shape index (κ3) is 5.70. The summed E-state index contributed by atoms with van der Waals surface area (Å²) in [7, 11) is 5.07. The van der Waals surface area contributed by atoms with Crippen molar-refractivity contribution < 1.29 is 35.4 Å². The molecule has 0 unspecified atom stereocenters. The van der Waals surface area contributed by atoms with Gasteiger partial charge in [0.25, 0.3) is 0 Å². The van der Waals surface area contributed by atoms with E-state index in [0.717, 1.165) is 26.7 Å². The Labute approximate surface area is 233 Å². The van der Waals surface area contributed by atoms with Crippen LogP contribution in [0.3, 0.4) is 0 Å². The van der Waals surface area contributed by atoms with Crippen molar-refractivity contribution in [2.24, 2.45) is 0 Å². The summed E-state index contributed by atoms with van der Waals surface area (Å²) in [6.45, 7) is 0. The summed E-state index contributed by atoms with van der Waals surface area (Å²) >= 11 is 1.42. The summed E-state index contributed by atoms with van der Waals surface area (Å²) in [5.41, 5.74) is 1.92. The Morgan fingerprint density at radius 2 is 1.11 bits per heavy atom. The molecule has 5 rings (SSSR count). The van der Waals surface area contributed by atoms with Gasteiger partial charge in [0, 0.05) is 0 Å². The summed E-state index contributed by atoms with van der Waals surface area (Å²) in [5.74, 6) is -0.113. The molecule has 37 heavy (non-hydrogen) atoms. The second kappa shape index (κ2) is 11.7. The minimum Gasteiger partial charge on any atom is -0.0189 e. The Bertz CT molecular complexity index is 1460. The molecule has 188 valence electrons. The number of rotatable bonds is 9. The molecule has 0 saturated carbocycles. The molecule has 0 atom stereocenters. The van der Waals surface area contributed by atoms with Gasteiger partial charge in [-0.1, -0.05) is 0 Å². The van der Waals surface area contributed by atoms with Gasteiger partial charge in [0.05, 0.1) is 7.11 Å². The van der Waals surface area contributed by atoms with Crippen LogP contribution in [0.15, 0.2) is 125 Å². The van der Waals surface area contributed by atoms with Gasteiger partial charge in [-0.05, 0) is 12.1 Å². The number of hydrogen-bond donors (Lipinski definition) is 0. The third-order valence-electron chi connectivity index (χ3n) is 6.26. The van der Waals surface area contributed by atoms with Gasteiger partial charge in [-0.25, -0.2) is 0 Å². The molecule has 0 heterocycles. The molecule has 0 spiro atoms. The average Bonchev–Trinajstić information content (AvgIpc) is 2.96. The van der Waals surface area contributed by atoms with Gasteiger partial charge < -0.3 is 4.74 Å². The monoisotopic (exact) mass is 619 g/mol. The van der Waals surface area contributed by atoms with Crippen LogP contribution in [0.1, 0.15) is 11.1 Å². The van der Waals surface area contributed by atoms with Crippen molar-refractivity contribution >= 4 is 22.5 Å². The fourth-order valence-corrected chi connectivity index (χ4v) is 7.43. The van der Waals surface area contributed by atoms with Crippen molar-refractivity contribution in [2.45, 2.75) is 15.6 Å². The zero-order chi connectivity index (χ0) is 25.7. The fraction of sp³-hybridized carbons (Fsp3) is 0.125. The van der Waals surface area contributed by atoms with Crippen molar-refractivity contribution in [3.8, 4) is 5.75 Å². The smallest absolute Gasteiger partial charge is 0.0189 e. The summed E-state index contributed by atoms with van der Waals surface area (Å²) in [6.07, 6.45) is 0. The van der Waals surface area contributed by atoms with E-state index in [9.17, 15) is 0 Å². The molecule has 0 radical (unpaired) electrons. The molecular formula is C32H28IO3S-. The number of ether oxygens (including phenoxy) is 3. The summed E-state index contributed by atoms with van der Waals surface area (Å²) in [5, 5.41) is 2.58. The van der Waals surface area contributed by atoms with Crippen molar-refractivity contribution in [2.75, 3.05) is 21.3 Å². The van der Waals surface area contributed by atoms with Crippen molar-refractivity contribution in [1.29, 1.82) is 0 Å². The number of benzene rings is 5. The molecule has 0 aliphatic heterocycles. The first-order valence-electron chi connectivity index (χ1n) is 11.9. The van der Waals surface area contributed by atoms with E-state index >= 15 is 0 Å². The molecule has 0 aliphatic carbocycles. The standard InChI is InChI=1S/C32H28IO3S/c1-34-29-16-20-31(21-17-29)37-30-18-11-26(12-19-30)32(35-2,36-3)25-9-14-27(15-10-25)33-28-13-8-23-6-4-5-7-24(23)22-28/h4-22H,1-3H3/q-1. The number of fused-ring (bicyclic) bond motifs is 1. The van der Waals surface area contributed by atoms with E-state index in [2.05, 4.69) is 103 Å². The summed E-state index contributed by atoms with van der Waals surface area (Å²) in [4.78, 5) is 2.30. The van der Waals surface area contributed by atoms with Gasteiger partial charge in [0.15, 0.2) is 0 Å². The minimum absolute atomic E-state index is 0.285. The zero-order valence-corrected chi connectivity index (χ0v) is 24.0. The zero-order valence-electron chi connectivity index (χ0n) is 21.0. The third-order valence-corrected chi connectivity index (χ3v) is 9.91. The molecule has 0 amide bonds. The quantitative estimate of drug-likeness (QED) is 0.178. The van der Waals surface area contributed by atoms with E-state index in [0.29, 0.717) is 0 Å². The van der Waals surface area contributed by atoms with E-state index in [1.54, 1.807) is 33.1 Å². The SMILES string of the molecule is COc1ccc(Sc2ccc(C(OC)(OC)c3ccc([I-]c4ccc5ccccc5c4)cc3)cc2)cc1. The van der Waals surface area contributed by atoms with E-state index in [1.165, 1.54) is 17.9 Å². The first-order valence-corrected chi connectivity index (χ1v) is 14.9. The van der Waals surface area contributed by atoms with Crippen molar-refractivity contribution in [3.05, 3.63) is 134 Å². The van der Waals surface area contributed by atoms with Crippen LogP contribution >= 0.6 is 11.8 Å². The van der Waals surface area contributed by atoms with Crippen LogP contribution in [-0.4, -0.2) is 21.3 Å². The van der Waals surface area contributed by atoms with E-state index in [1.807, 2.05) is 12.1 Å². The Balaban J connectivity index is 1.34. The first-order chi connectivity index (χ1) is 18.1. The average molecular weight is 620 g/mol. The molecule has 0 bridgehead atoms. The topological polar surface area (TPSA) is 27.7 Å². The van der Waals surface area contributed by atoms with Crippen LogP contribution in [0.2, 0.25) is 0 Å². The van der Waals surface area contributed by atoms with Gasteiger partial charge >= 0.3 is 204 Å². The molecule has 0 saturated heterocycles. The van der Waals surface area contributed by atoms with Crippen LogP contribution in [0.25, 0.3) is 10.8 Å². The number of halogens is 1. The maximum atomic E-state index is 6.02. The molecule has 3 nitrogen and oxygen atoms in total. The van der Waals surface area contributed by atoms with Crippen LogP contribution in [-0.2, 0) is 15.3 Å². The molecule has 5 heteroatoms. The van der Waals surface area contributed by atoms with Gasteiger partial charge in [0.1, 0.15) is 5.75 Å². The van der Waals surface area contributed by atoms with Crippen LogP contribution in [0.5, 0.6) is 5.75 Å². The summed E-state index contributed by atoms with van der Waals surface area (Å²) in [6, 6.07) is 40.4. The molecular weight excluding hydrogens is 591 g/mol. The Hall–Kier alpha value is -2.84. The second-order valence-electron chi connectivity index (χ2n) is 8.42. The minimum atomic E-state index is -0.969. The first kappa shape index (κ1) is 25.8. The van der Waals surface area contributed by atoms with E-state index in [-0.39, 0.29) is 21.2 Å². The molecule has 0 aliphatic rings. The van der Waals surface area contributed by atoms with Crippen molar-refractivity contribution in [1.82, 2.24) is 0 Å². The second-order valence-corrected chi connectivity index (χ2v) is 12.6. The molecule has 5 aromatic rings. The number of methoxy groups -OCH3 is 3. The van der Waals surface area contributed by atoms with Gasteiger partial charge in [-0.3, -0.25) is 0 Å². The maximum absolute atomic E-state index is 6.02. The predicted octanol–water partition coefficient (Wildman–Crippen LogP) is 4.62. The molecule has 0 N–H and O–H groups in total. The van der Waals surface area contributed by atoms with Gasteiger partial charge in [-0.2, -0.15) is 0 Å². The molecule has 5 aromatic carbocycles. The van der Waals surface area contributed by atoms with Crippen molar-refractivity contribution in [3.63, 3.8) is 0 Å². The number of hydrogen-bond acceptors (Lipinski definition) is 4.